The molecule has 1 aliphatic rings. The van der Waals surface area contributed by atoms with Gasteiger partial charge in [0.1, 0.15) is 12.1 Å². The molecule has 0 saturated carbocycles. The first-order valence-electron chi connectivity index (χ1n) is 6.73. The second-order valence-corrected chi connectivity index (χ2v) is 8.09. The molecule has 4 nitrogen and oxygen atoms in total. The van der Waals surface area contributed by atoms with Gasteiger partial charge in [-0.05, 0) is 47.3 Å². The van der Waals surface area contributed by atoms with E-state index in [2.05, 4.69) is 35.1 Å². The third kappa shape index (κ3) is 3.41. The second kappa shape index (κ2) is 6.26. The highest BCUT2D eigenvalue weighted by Gasteiger charge is 2.38. The Kier molecular flexibility index (Phi) is 4.86. The van der Waals surface area contributed by atoms with Crippen LogP contribution >= 0.6 is 27.3 Å². The van der Waals surface area contributed by atoms with Gasteiger partial charge < -0.3 is 10.2 Å². The molecule has 6 heteroatoms. The van der Waals surface area contributed by atoms with Gasteiger partial charge in [0, 0.05) is 4.88 Å². The summed E-state index contributed by atoms with van der Waals surface area (Å²) in [6.45, 7) is 6.39. The van der Waals surface area contributed by atoms with Crippen molar-refractivity contribution in [1.29, 1.82) is 0 Å². The van der Waals surface area contributed by atoms with Crippen LogP contribution in [0.4, 0.5) is 0 Å². The largest absolute Gasteiger partial charge is 0.343 e. The molecule has 1 aliphatic heterocycles. The highest BCUT2D eigenvalue weighted by atomic mass is 79.9. The van der Waals surface area contributed by atoms with Crippen LogP contribution in [0.5, 0.6) is 0 Å². The van der Waals surface area contributed by atoms with Gasteiger partial charge >= 0.3 is 0 Å². The Morgan fingerprint density at radius 1 is 1.40 bits per heavy atom. The van der Waals surface area contributed by atoms with Gasteiger partial charge in [-0.2, -0.15) is 0 Å². The lowest BCUT2D eigenvalue weighted by Crippen LogP contribution is -2.62. The van der Waals surface area contributed by atoms with Crippen molar-refractivity contribution in [3.8, 4) is 0 Å². The maximum absolute atomic E-state index is 12.5. The molecule has 2 rings (SSSR count). The van der Waals surface area contributed by atoms with E-state index < -0.39 is 6.04 Å². The monoisotopic (exact) mass is 358 g/mol. The molecular formula is C14H19BrN2O2S. The number of carbonyl (C=O) groups excluding carboxylic acids is 2. The third-order valence-corrected chi connectivity index (χ3v) is 5.02. The minimum atomic E-state index is -0.410. The van der Waals surface area contributed by atoms with E-state index in [9.17, 15) is 9.59 Å². The Morgan fingerprint density at radius 3 is 2.65 bits per heavy atom. The fourth-order valence-corrected chi connectivity index (χ4v) is 3.82. The van der Waals surface area contributed by atoms with E-state index in [0.29, 0.717) is 18.9 Å². The van der Waals surface area contributed by atoms with Gasteiger partial charge in [-0.1, -0.05) is 13.8 Å². The maximum Gasteiger partial charge on any atom is 0.246 e. The van der Waals surface area contributed by atoms with E-state index in [1.807, 2.05) is 12.1 Å². The molecule has 2 heterocycles. The topological polar surface area (TPSA) is 49.4 Å². The zero-order valence-corrected chi connectivity index (χ0v) is 14.3. The summed E-state index contributed by atoms with van der Waals surface area (Å²) in [5.41, 5.74) is 0. The quantitative estimate of drug-likeness (QED) is 0.899. The number of halogens is 1. The van der Waals surface area contributed by atoms with Crippen LogP contribution in [0.3, 0.4) is 0 Å². The Hall–Kier alpha value is -0.880. The summed E-state index contributed by atoms with van der Waals surface area (Å²) < 4.78 is 1.03. The summed E-state index contributed by atoms with van der Waals surface area (Å²) in [5, 5.41) is 2.83. The van der Waals surface area contributed by atoms with Crippen molar-refractivity contribution in [2.45, 2.75) is 45.8 Å². The van der Waals surface area contributed by atoms with E-state index >= 15 is 0 Å². The molecule has 1 saturated heterocycles. The summed E-state index contributed by atoms with van der Waals surface area (Å²) in [4.78, 5) is 27.3. The minimum Gasteiger partial charge on any atom is -0.343 e. The number of nitrogens with zero attached hydrogens (tertiary/aromatic N) is 1. The van der Waals surface area contributed by atoms with Crippen molar-refractivity contribution in [1.82, 2.24) is 10.2 Å². The van der Waals surface area contributed by atoms with Crippen molar-refractivity contribution in [3.05, 3.63) is 20.8 Å². The van der Waals surface area contributed by atoms with Gasteiger partial charge in [0.25, 0.3) is 0 Å². The lowest BCUT2D eigenvalue weighted by Gasteiger charge is -2.37. The number of nitrogens with one attached hydrogen (secondary N) is 1. The van der Waals surface area contributed by atoms with E-state index in [-0.39, 0.29) is 17.9 Å². The normalized spacial score (nSPS) is 23.4. The lowest BCUT2D eigenvalue weighted by atomic mass is 9.99. The van der Waals surface area contributed by atoms with E-state index in [4.69, 9.17) is 0 Å². The van der Waals surface area contributed by atoms with E-state index in [0.717, 1.165) is 8.66 Å². The predicted molar refractivity (Wildman–Crippen MR) is 83.4 cm³/mol. The molecule has 0 aliphatic carbocycles. The van der Waals surface area contributed by atoms with Crippen LogP contribution in [0, 0.1) is 5.92 Å². The fraction of sp³-hybridized carbons (Fsp3) is 0.571. The van der Waals surface area contributed by atoms with Gasteiger partial charge in [-0.3, -0.25) is 9.59 Å². The fourth-order valence-electron chi connectivity index (χ4n) is 2.34. The molecule has 2 amide bonds. The number of hydrogen-bond acceptors (Lipinski definition) is 3. The minimum absolute atomic E-state index is 0.0234. The molecule has 0 aromatic carbocycles. The first-order chi connectivity index (χ1) is 9.38. The highest BCUT2D eigenvalue weighted by molar-refractivity contribution is 9.11. The molecule has 0 radical (unpaired) electrons. The average molecular weight is 359 g/mol. The van der Waals surface area contributed by atoms with Gasteiger partial charge in [0.15, 0.2) is 0 Å². The van der Waals surface area contributed by atoms with Crippen LogP contribution in [0.1, 0.15) is 32.1 Å². The highest BCUT2D eigenvalue weighted by Crippen LogP contribution is 2.25. The van der Waals surface area contributed by atoms with Crippen molar-refractivity contribution in [2.75, 3.05) is 0 Å². The molecule has 2 unspecified atom stereocenters. The van der Waals surface area contributed by atoms with Gasteiger partial charge in [0.2, 0.25) is 11.8 Å². The average Bonchev–Trinajstić information content (AvgIpc) is 2.77. The van der Waals surface area contributed by atoms with Crippen molar-refractivity contribution < 1.29 is 9.59 Å². The Labute approximate surface area is 131 Å². The van der Waals surface area contributed by atoms with Crippen LogP contribution in [0.2, 0.25) is 0 Å². The lowest BCUT2D eigenvalue weighted by molar-refractivity contribution is -0.149. The Morgan fingerprint density at radius 2 is 2.10 bits per heavy atom. The molecule has 0 spiro atoms. The summed E-state index contributed by atoms with van der Waals surface area (Å²) in [6.07, 6.45) is 0.682. The molecule has 1 aromatic heterocycles. The van der Waals surface area contributed by atoms with E-state index in [1.54, 1.807) is 23.2 Å². The number of hydrogen-bond donors (Lipinski definition) is 1. The summed E-state index contributed by atoms with van der Waals surface area (Å²) in [7, 11) is 0. The van der Waals surface area contributed by atoms with Crippen LogP contribution in [-0.2, 0) is 16.1 Å². The predicted octanol–water partition coefficient (Wildman–Crippen LogP) is 2.77. The van der Waals surface area contributed by atoms with Crippen LogP contribution in [-0.4, -0.2) is 28.8 Å². The number of thiophene rings is 1. The Balaban J connectivity index is 2.15. The smallest absolute Gasteiger partial charge is 0.246 e. The summed E-state index contributed by atoms with van der Waals surface area (Å²) in [5.74, 6) is 0.330. The SMILES string of the molecule is CC(C)CC1NC(=O)C(C)N(Cc2ccc(Br)s2)C1=O. The second-order valence-electron chi connectivity index (χ2n) is 5.54. The molecule has 2 atom stereocenters. The number of carbonyl (C=O) groups is 2. The number of amides is 2. The van der Waals surface area contributed by atoms with Crippen LogP contribution in [0.25, 0.3) is 0 Å². The molecule has 1 aromatic rings. The van der Waals surface area contributed by atoms with Gasteiger partial charge in [0.05, 0.1) is 10.3 Å². The van der Waals surface area contributed by atoms with Crippen molar-refractivity contribution in [3.63, 3.8) is 0 Å². The molecule has 0 bridgehead atoms. The molecular weight excluding hydrogens is 340 g/mol. The zero-order chi connectivity index (χ0) is 14.9. The molecule has 1 N–H and O–H groups in total. The van der Waals surface area contributed by atoms with Gasteiger partial charge in [-0.15, -0.1) is 11.3 Å². The van der Waals surface area contributed by atoms with Crippen molar-refractivity contribution >= 4 is 39.1 Å². The number of rotatable bonds is 4. The zero-order valence-electron chi connectivity index (χ0n) is 11.9. The van der Waals surface area contributed by atoms with Crippen LogP contribution in [0.15, 0.2) is 15.9 Å². The molecule has 110 valence electrons. The standard InChI is InChI=1S/C14H19BrN2O2S/c1-8(2)6-11-14(19)17(9(3)13(18)16-11)7-10-4-5-12(15)20-10/h4-5,8-9,11H,6-7H2,1-3H3,(H,16,18). The molecule has 20 heavy (non-hydrogen) atoms. The number of piperazine rings is 1. The van der Waals surface area contributed by atoms with E-state index in [1.165, 1.54) is 0 Å². The van der Waals surface area contributed by atoms with Gasteiger partial charge in [-0.25, -0.2) is 0 Å². The maximum atomic E-state index is 12.5. The third-order valence-electron chi connectivity index (χ3n) is 3.41. The van der Waals surface area contributed by atoms with Crippen molar-refractivity contribution in [2.24, 2.45) is 5.92 Å². The first-order valence-corrected chi connectivity index (χ1v) is 8.34. The first kappa shape index (κ1) is 15.5. The van der Waals surface area contributed by atoms with Crippen LogP contribution < -0.4 is 5.32 Å². The summed E-state index contributed by atoms with van der Waals surface area (Å²) in [6, 6.07) is 3.15. The molecule has 1 fully saturated rings. The summed E-state index contributed by atoms with van der Waals surface area (Å²) >= 11 is 5.01. The Bertz CT molecular complexity index is 515.